The highest BCUT2D eigenvalue weighted by molar-refractivity contribution is 5.79. The first-order valence-electron chi connectivity index (χ1n) is 9.18. The zero-order valence-electron chi connectivity index (χ0n) is 15.2. The highest BCUT2D eigenvalue weighted by atomic mass is 15.3. The fourth-order valence-electron chi connectivity index (χ4n) is 3.19. The van der Waals surface area contributed by atoms with E-state index in [0.717, 1.165) is 43.4 Å². The molecular weight excluding hydrogens is 312 g/mol. The fraction of sp³-hybridized carbons (Fsp3) is 0.526. The molecule has 3 rings (SSSR count). The monoisotopic (exact) mass is 340 g/mol. The number of nitrogens with one attached hydrogen (secondary N) is 2. The van der Waals surface area contributed by atoms with Gasteiger partial charge < -0.3 is 15.2 Å². The lowest BCUT2D eigenvalue weighted by Crippen LogP contribution is -2.42. The van der Waals surface area contributed by atoms with Crippen LogP contribution >= 0.6 is 0 Å². The summed E-state index contributed by atoms with van der Waals surface area (Å²) < 4.78 is 2.24. The summed E-state index contributed by atoms with van der Waals surface area (Å²) in [6, 6.07) is 10.9. The van der Waals surface area contributed by atoms with Gasteiger partial charge in [-0.05, 0) is 38.2 Å². The van der Waals surface area contributed by atoms with E-state index in [2.05, 4.69) is 67.6 Å². The van der Waals surface area contributed by atoms with Crippen molar-refractivity contribution in [3.8, 4) is 0 Å². The van der Waals surface area contributed by atoms with E-state index in [1.165, 1.54) is 18.4 Å². The van der Waals surface area contributed by atoms with E-state index < -0.39 is 0 Å². The van der Waals surface area contributed by atoms with Gasteiger partial charge in [0.25, 0.3) is 0 Å². The standard InChI is InChI=1S/C19H28N6/c1-15(11-12-16-8-4-3-5-9-16)22-19(20-2)21-14-18-24-23-17-10-6-7-13-25(17)18/h3-5,8-9,15H,6-7,10-14H2,1-2H3,(H2,20,21,22). The van der Waals surface area contributed by atoms with E-state index in [1.54, 1.807) is 7.05 Å². The van der Waals surface area contributed by atoms with Gasteiger partial charge in [-0.1, -0.05) is 30.3 Å². The Kier molecular flexibility index (Phi) is 6.04. The van der Waals surface area contributed by atoms with E-state index in [0.29, 0.717) is 12.6 Å². The summed E-state index contributed by atoms with van der Waals surface area (Å²) in [5.41, 5.74) is 1.37. The van der Waals surface area contributed by atoms with Gasteiger partial charge in [0.05, 0.1) is 6.54 Å². The molecule has 2 heterocycles. The fourth-order valence-corrected chi connectivity index (χ4v) is 3.19. The molecule has 1 aromatic carbocycles. The molecule has 0 saturated heterocycles. The van der Waals surface area contributed by atoms with Crippen LogP contribution in [0.25, 0.3) is 0 Å². The van der Waals surface area contributed by atoms with Crippen LogP contribution in [0.3, 0.4) is 0 Å². The molecule has 1 unspecified atom stereocenters. The summed E-state index contributed by atoms with van der Waals surface area (Å²) in [6.07, 6.45) is 5.58. The predicted octanol–water partition coefficient (Wildman–Crippen LogP) is 2.30. The molecule has 1 aromatic heterocycles. The number of benzene rings is 1. The van der Waals surface area contributed by atoms with Crippen LogP contribution < -0.4 is 10.6 Å². The van der Waals surface area contributed by atoms with E-state index in [4.69, 9.17) is 0 Å². The molecule has 0 bridgehead atoms. The third kappa shape index (κ3) is 4.81. The minimum atomic E-state index is 0.346. The number of guanidine groups is 1. The largest absolute Gasteiger partial charge is 0.354 e. The summed E-state index contributed by atoms with van der Waals surface area (Å²) in [5.74, 6) is 2.92. The lowest BCUT2D eigenvalue weighted by molar-refractivity contribution is 0.503. The van der Waals surface area contributed by atoms with E-state index in [1.807, 2.05) is 0 Å². The molecule has 0 radical (unpaired) electrons. The van der Waals surface area contributed by atoms with Crippen molar-refractivity contribution in [2.75, 3.05) is 7.05 Å². The number of aliphatic imine (C=N–C) groups is 1. The van der Waals surface area contributed by atoms with Crippen molar-refractivity contribution in [3.63, 3.8) is 0 Å². The Labute approximate surface area is 149 Å². The SMILES string of the molecule is CN=C(NCc1nnc2n1CCCC2)NC(C)CCc1ccccc1. The Bertz CT molecular complexity index is 691. The molecule has 0 saturated carbocycles. The summed E-state index contributed by atoms with van der Waals surface area (Å²) in [6.45, 7) is 3.87. The van der Waals surface area contributed by atoms with Gasteiger partial charge in [0, 0.05) is 26.1 Å². The third-order valence-electron chi connectivity index (χ3n) is 4.67. The van der Waals surface area contributed by atoms with Crippen molar-refractivity contribution in [2.45, 2.75) is 58.2 Å². The molecule has 1 aliphatic heterocycles. The Morgan fingerprint density at radius 3 is 2.88 bits per heavy atom. The first kappa shape index (κ1) is 17.5. The summed E-state index contributed by atoms with van der Waals surface area (Å²) in [7, 11) is 1.80. The lowest BCUT2D eigenvalue weighted by atomic mass is 10.1. The number of nitrogens with zero attached hydrogens (tertiary/aromatic N) is 4. The second kappa shape index (κ2) is 8.65. The molecule has 6 nitrogen and oxygen atoms in total. The van der Waals surface area contributed by atoms with Crippen LogP contribution in [0.15, 0.2) is 35.3 Å². The quantitative estimate of drug-likeness (QED) is 0.625. The van der Waals surface area contributed by atoms with Gasteiger partial charge >= 0.3 is 0 Å². The average molecular weight is 340 g/mol. The van der Waals surface area contributed by atoms with Crippen LogP contribution in [-0.2, 0) is 25.9 Å². The van der Waals surface area contributed by atoms with Gasteiger partial charge in [-0.2, -0.15) is 0 Å². The topological polar surface area (TPSA) is 67.1 Å². The van der Waals surface area contributed by atoms with E-state index >= 15 is 0 Å². The second-order valence-electron chi connectivity index (χ2n) is 6.64. The van der Waals surface area contributed by atoms with Gasteiger partial charge in [-0.3, -0.25) is 4.99 Å². The van der Waals surface area contributed by atoms with Gasteiger partial charge in [0.2, 0.25) is 0 Å². The van der Waals surface area contributed by atoms with Crippen LogP contribution in [0.4, 0.5) is 0 Å². The highest BCUT2D eigenvalue weighted by Crippen LogP contribution is 2.13. The normalized spacial score (nSPS) is 15.5. The molecule has 6 heteroatoms. The number of rotatable bonds is 6. The van der Waals surface area contributed by atoms with Crippen LogP contribution in [-0.4, -0.2) is 33.8 Å². The van der Waals surface area contributed by atoms with Crippen molar-refractivity contribution in [1.82, 2.24) is 25.4 Å². The van der Waals surface area contributed by atoms with Crippen LogP contribution in [0.1, 0.15) is 43.4 Å². The number of fused-ring (bicyclic) bond motifs is 1. The molecule has 0 fully saturated rings. The van der Waals surface area contributed by atoms with Crippen molar-refractivity contribution in [3.05, 3.63) is 47.5 Å². The van der Waals surface area contributed by atoms with Crippen LogP contribution in [0, 0.1) is 0 Å². The van der Waals surface area contributed by atoms with Crippen molar-refractivity contribution in [2.24, 2.45) is 4.99 Å². The molecule has 0 spiro atoms. The maximum absolute atomic E-state index is 4.33. The van der Waals surface area contributed by atoms with Crippen LogP contribution in [0.5, 0.6) is 0 Å². The second-order valence-corrected chi connectivity index (χ2v) is 6.64. The Morgan fingerprint density at radius 2 is 2.08 bits per heavy atom. The summed E-state index contributed by atoms with van der Waals surface area (Å²) in [4.78, 5) is 4.33. The number of aromatic nitrogens is 3. The molecule has 2 N–H and O–H groups in total. The van der Waals surface area contributed by atoms with Crippen molar-refractivity contribution >= 4 is 5.96 Å². The first-order valence-corrected chi connectivity index (χ1v) is 9.18. The molecule has 0 amide bonds. The van der Waals surface area contributed by atoms with E-state index in [-0.39, 0.29) is 0 Å². The molecular formula is C19H28N6. The highest BCUT2D eigenvalue weighted by Gasteiger charge is 2.15. The van der Waals surface area contributed by atoms with Crippen LogP contribution in [0.2, 0.25) is 0 Å². The number of hydrogen-bond donors (Lipinski definition) is 2. The third-order valence-corrected chi connectivity index (χ3v) is 4.67. The minimum absolute atomic E-state index is 0.346. The average Bonchev–Trinajstić information content (AvgIpc) is 3.07. The summed E-state index contributed by atoms with van der Waals surface area (Å²) >= 11 is 0. The number of hydrogen-bond acceptors (Lipinski definition) is 3. The van der Waals surface area contributed by atoms with Gasteiger partial charge in [0.1, 0.15) is 5.82 Å². The van der Waals surface area contributed by atoms with Crippen molar-refractivity contribution in [1.29, 1.82) is 0 Å². The molecule has 1 atom stereocenters. The Hall–Kier alpha value is -2.37. The predicted molar refractivity (Wildman–Crippen MR) is 101 cm³/mol. The molecule has 0 aliphatic carbocycles. The van der Waals surface area contributed by atoms with Gasteiger partial charge in [-0.25, -0.2) is 0 Å². The Morgan fingerprint density at radius 1 is 1.24 bits per heavy atom. The maximum atomic E-state index is 4.33. The molecule has 25 heavy (non-hydrogen) atoms. The zero-order valence-corrected chi connectivity index (χ0v) is 15.2. The van der Waals surface area contributed by atoms with E-state index in [9.17, 15) is 0 Å². The lowest BCUT2D eigenvalue weighted by Gasteiger charge is -2.19. The van der Waals surface area contributed by atoms with Gasteiger partial charge in [-0.15, -0.1) is 10.2 Å². The minimum Gasteiger partial charge on any atom is -0.354 e. The molecule has 1 aliphatic rings. The van der Waals surface area contributed by atoms with Gasteiger partial charge in [0.15, 0.2) is 11.8 Å². The smallest absolute Gasteiger partial charge is 0.191 e. The zero-order chi connectivity index (χ0) is 17.5. The molecule has 134 valence electrons. The number of aryl methyl sites for hydroxylation is 2. The Balaban J connectivity index is 1.47. The maximum Gasteiger partial charge on any atom is 0.191 e. The van der Waals surface area contributed by atoms with Crippen molar-refractivity contribution < 1.29 is 0 Å². The molecule has 2 aromatic rings. The first-order chi connectivity index (χ1) is 12.3. The summed E-state index contributed by atoms with van der Waals surface area (Å²) in [5, 5.41) is 15.5.